The zero-order valence-corrected chi connectivity index (χ0v) is 21.9. The maximum atomic E-state index is 14.2. The maximum absolute atomic E-state index is 14.2. The smallest absolute Gasteiger partial charge is 0.362 e. The van der Waals surface area contributed by atoms with E-state index in [0.29, 0.717) is 22.4 Å². The molecule has 0 fully saturated rings. The van der Waals surface area contributed by atoms with Crippen LogP contribution in [0.15, 0.2) is 90.2 Å². The number of carbonyl (C=O) groups is 1. The highest BCUT2D eigenvalue weighted by molar-refractivity contribution is 6.03. The predicted molar refractivity (Wildman–Crippen MR) is 154 cm³/mol. The number of pyridine rings is 1. The van der Waals surface area contributed by atoms with Gasteiger partial charge in [0.2, 0.25) is 0 Å². The third kappa shape index (κ3) is 4.41. The molecule has 0 aliphatic carbocycles. The lowest BCUT2D eigenvalue weighted by Crippen LogP contribution is -2.33. The average Bonchev–Trinajstić information content (AvgIpc) is 3.53. The third-order valence-electron chi connectivity index (χ3n) is 6.80. The van der Waals surface area contributed by atoms with E-state index >= 15 is 0 Å². The molecular weight excluding hydrogens is 504 g/mol. The summed E-state index contributed by atoms with van der Waals surface area (Å²) in [6.45, 7) is 1.84. The molecule has 0 saturated carbocycles. The number of aromatic nitrogens is 6. The van der Waals surface area contributed by atoms with Crippen molar-refractivity contribution in [3.05, 3.63) is 118 Å². The third-order valence-corrected chi connectivity index (χ3v) is 6.80. The molecule has 0 aliphatic rings. The van der Waals surface area contributed by atoms with Crippen LogP contribution in [0.1, 0.15) is 40.1 Å². The number of carbonyl (C=O) groups excluding carboxylic acids is 1. The summed E-state index contributed by atoms with van der Waals surface area (Å²) in [6.07, 6.45) is 10.9. The van der Waals surface area contributed by atoms with Gasteiger partial charge in [-0.05, 0) is 41.1 Å². The Labute approximate surface area is 229 Å². The molecule has 0 spiro atoms. The highest BCUT2D eigenvalue weighted by atomic mass is 16.2. The van der Waals surface area contributed by atoms with E-state index in [9.17, 15) is 9.59 Å². The predicted octanol–water partition coefficient (Wildman–Crippen LogP) is 3.43. The zero-order valence-electron chi connectivity index (χ0n) is 21.9. The molecule has 198 valence electrons. The Balaban J connectivity index is 1.46. The van der Waals surface area contributed by atoms with Crippen LogP contribution in [0, 0.1) is 0 Å². The first kappa shape index (κ1) is 24.8. The first-order chi connectivity index (χ1) is 19.4. The fourth-order valence-corrected chi connectivity index (χ4v) is 4.94. The van der Waals surface area contributed by atoms with Crippen molar-refractivity contribution in [3.8, 4) is 5.69 Å². The number of rotatable bonds is 6. The van der Waals surface area contributed by atoms with E-state index in [0.717, 1.165) is 16.5 Å². The number of benzene rings is 2. The summed E-state index contributed by atoms with van der Waals surface area (Å²) in [6, 6.07) is 18.3. The zero-order chi connectivity index (χ0) is 27.8. The second-order valence-corrected chi connectivity index (χ2v) is 9.55. The van der Waals surface area contributed by atoms with Crippen molar-refractivity contribution in [3.63, 3.8) is 0 Å². The standard InChI is InChI=1S/C30H26N8O2/c1-19(34-29(39)26-27(31)35-37-15-7-14-32-28(26)37)24-16-22-9-6-8-21(13-12-20-17-33-36(2)18-20)25(22)30(40)38(24)23-10-4-3-5-11-23/h3-19H,1-2H3,(H3,31,34,35,39)/p+1. The van der Waals surface area contributed by atoms with Crippen LogP contribution in [0.5, 0.6) is 0 Å². The van der Waals surface area contributed by atoms with Gasteiger partial charge in [0.05, 0.1) is 17.6 Å². The molecule has 2 aromatic carbocycles. The van der Waals surface area contributed by atoms with E-state index in [1.165, 1.54) is 0 Å². The SMILES string of the molecule is CC(NC(=O)c1c(N)[nH][n+]2cccnc12)c1cc2cccc(C=Cc3cnn(C)c3)c2c(=O)n1-c1ccccc1. The van der Waals surface area contributed by atoms with Crippen LogP contribution in [-0.2, 0) is 7.05 Å². The van der Waals surface area contributed by atoms with Gasteiger partial charge in [-0.2, -0.15) is 5.10 Å². The number of amides is 1. The molecule has 0 aliphatic heterocycles. The highest BCUT2D eigenvalue weighted by Gasteiger charge is 2.27. The Morgan fingerprint density at radius 2 is 1.95 bits per heavy atom. The van der Waals surface area contributed by atoms with Crippen molar-refractivity contribution in [1.82, 2.24) is 29.7 Å². The molecule has 1 amide bonds. The Hall–Kier alpha value is -5.51. The van der Waals surface area contributed by atoms with E-state index in [-0.39, 0.29) is 16.9 Å². The van der Waals surface area contributed by atoms with Gasteiger partial charge in [-0.1, -0.05) is 48.6 Å². The van der Waals surface area contributed by atoms with E-state index in [1.54, 1.807) is 38.4 Å². The summed E-state index contributed by atoms with van der Waals surface area (Å²) in [4.78, 5) is 31.9. The molecule has 6 aromatic rings. The van der Waals surface area contributed by atoms with Gasteiger partial charge in [0.25, 0.3) is 11.5 Å². The molecular formula is C30H27N8O2+. The van der Waals surface area contributed by atoms with Crippen LogP contribution in [0.25, 0.3) is 34.3 Å². The lowest BCUT2D eigenvalue weighted by molar-refractivity contribution is -0.577. The van der Waals surface area contributed by atoms with Gasteiger partial charge >= 0.3 is 5.65 Å². The summed E-state index contributed by atoms with van der Waals surface area (Å²) in [5.41, 5.74) is 9.64. The summed E-state index contributed by atoms with van der Waals surface area (Å²) >= 11 is 0. The van der Waals surface area contributed by atoms with Crippen LogP contribution in [0.3, 0.4) is 0 Å². The van der Waals surface area contributed by atoms with E-state index in [4.69, 9.17) is 5.73 Å². The fourth-order valence-electron chi connectivity index (χ4n) is 4.94. The maximum Gasteiger partial charge on any atom is 0.362 e. The van der Waals surface area contributed by atoms with Crippen molar-refractivity contribution in [2.75, 3.05) is 5.73 Å². The van der Waals surface area contributed by atoms with E-state index < -0.39 is 11.9 Å². The summed E-state index contributed by atoms with van der Waals surface area (Å²) in [5.74, 6) is -0.199. The van der Waals surface area contributed by atoms with Crippen molar-refractivity contribution in [1.29, 1.82) is 0 Å². The van der Waals surface area contributed by atoms with Gasteiger partial charge in [-0.3, -0.25) is 18.8 Å². The summed E-state index contributed by atoms with van der Waals surface area (Å²) in [7, 11) is 1.86. The molecule has 40 heavy (non-hydrogen) atoms. The van der Waals surface area contributed by atoms with Gasteiger partial charge in [-0.25, -0.2) is 5.10 Å². The number of hydrogen-bond donors (Lipinski definition) is 3. The Bertz CT molecular complexity index is 1970. The van der Waals surface area contributed by atoms with Gasteiger partial charge in [-0.15, -0.1) is 4.52 Å². The molecule has 4 N–H and O–H groups in total. The van der Waals surface area contributed by atoms with Crippen LogP contribution in [0.2, 0.25) is 0 Å². The van der Waals surface area contributed by atoms with Gasteiger partial charge in [0.15, 0.2) is 11.4 Å². The number of nitrogens with one attached hydrogen (secondary N) is 2. The summed E-state index contributed by atoms with van der Waals surface area (Å²) in [5, 5.41) is 11.5. The molecule has 0 radical (unpaired) electrons. The lowest BCUT2D eigenvalue weighted by atomic mass is 10.0. The van der Waals surface area contributed by atoms with Crippen molar-refractivity contribution < 1.29 is 9.31 Å². The molecule has 4 heterocycles. The second-order valence-electron chi connectivity index (χ2n) is 9.55. The molecule has 10 nitrogen and oxygen atoms in total. The Morgan fingerprint density at radius 3 is 2.73 bits per heavy atom. The number of nitrogens with zero attached hydrogens (tertiary/aromatic N) is 5. The number of para-hydroxylation sites is 1. The Kier molecular flexibility index (Phi) is 6.19. The molecule has 1 atom stereocenters. The number of H-pyrrole nitrogens is 1. The average molecular weight is 532 g/mol. The van der Waals surface area contributed by atoms with Crippen molar-refractivity contribution in [2.45, 2.75) is 13.0 Å². The second kappa shape index (κ2) is 9.99. The quantitative estimate of drug-likeness (QED) is 0.284. The van der Waals surface area contributed by atoms with Crippen LogP contribution in [-0.4, -0.2) is 30.3 Å². The topological polar surface area (TPSA) is 128 Å². The first-order valence-corrected chi connectivity index (χ1v) is 12.8. The highest BCUT2D eigenvalue weighted by Crippen LogP contribution is 2.25. The van der Waals surface area contributed by atoms with Crippen LogP contribution in [0.4, 0.5) is 5.82 Å². The van der Waals surface area contributed by atoms with Crippen molar-refractivity contribution in [2.24, 2.45) is 7.05 Å². The molecule has 0 saturated heterocycles. The van der Waals surface area contributed by atoms with Gasteiger partial charge in [0, 0.05) is 36.3 Å². The number of fused-ring (bicyclic) bond motifs is 2. The number of aryl methyl sites for hydroxylation is 1. The van der Waals surface area contributed by atoms with Gasteiger partial charge in [0.1, 0.15) is 12.4 Å². The minimum Gasteiger partial charge on any atom is -0.382 e. The van der Waals surface area contributed by atoms with Gasteiger partial charge < -0.3 is 11.1 Å². The molecule has 10 heteroatoms. The molecule has 6 rings (SSSR count). The monoisotopic (exact) mass is 531 g/mol. The minimum absolute atomic E-state index is 0.185. The molecule has 0 bridgehead atoms. The number of hydrogen-bond acceptors (Lipinski definition) is 5. The fraction of sp³-hybridized carbons (Fsp3) is 0.100. The van der Waals surface area contributed by atoms with E-state index in [1.807, 2.05) is 86.9 Å². The summed E-state index contributed by atoms with van der Waals surface area (Å²) < 4.78 is 4.97. The molecule has 1 unspecified atom stereocenters. The number of nitrogen functional groups attached to an aromatic ring is 1. The number of anilines is 1. The van der Waals surface area contributed by atoms with E-state index in [2.05, 4.69) is 20.5 Å². The van der Waals surface area contributed by atoms with Crippen LogP contribution >= 0.6 is 0 Å². The number of nitrogens with two attached hydrogens (primary N) is 1. The first-order valence-electron chi connectivity index (χ1n) is 12.8. The largest absolute Gasteiger partial charge is 0.382 e. The Morgan fingerprint density at radius 1 is 1.12 bits per heavy atom. The number of aromatic amines is 1. The minimum atomic E-state index is -0.544. The van der Waals surface area contributed by atoms with Crippen molar-refractivity contribution >= 4 is 40.3 Å². The molecule has 4 aromatic heterocycles. The normalized spacial score (nSPS) is 12.3. The lowest BCUT2D eigenvalue weighted by Gasteiger charge is -2.21. The van der Waals surface area contributed by atoms with Crippen LogP contribution < -0.4 is 21.1 Å².